The highest BCUT2D eigenvalue weighted by Gasteiger charge is 2.19. The fourth-order valence-electron chi connectivity index (χ4n) is 2.73. The van der Waals surface area contributed by atoms with Gasteiger partial charge in [-0.05, 0) is 24.0 Å². The SMILES string of the molecule is O=C(Cc1ccccc1F)NCC1CCn2ccnc2C1. The van der Waals surface area contributed by atoms with E-state index in [0.29, 0.717) is 18.0 Å². The first-order valence-corrected chi connectivity index (χ1v) is 7.22. The first-order valence-electron chi connectivity index (χ1n) is 7.22. The molecule has 0 saturated carbocycles. The van der Waals surface area contributed by atoms with Crippen molar-refractivity contribution in [2.45, 2.75) is 25.8 Å². The number of amides is 1. The van der Waals surface area contributed by atoms with E-state index in [0.717, 1.165) is 25.2 Å². The van der Waals surface area contributed by atoms with Gasteiger partial charge in [0.15, 0.2) is 0 Å². The Labute approximate surface area is 123 Å². The molecule has 1 N–H and O–H groups in total. The van der Waals surface area contributed by atoms with E-state index in [-0.39, 0.29) is 18.1 Å². The molecular weight excluding hydrogens is 269 g/mol. The maximum Gasteiger partial charge on any atom is 0.224 e. The summed E-state index contributed by atoms with van der Waals surface area (Å²) in [5.74, 6) is 1.03. The molecule has 0 radical (unpaired) electrons. The van der Waals surface area contributed by atoms with Crippen molar-refractivity contribution in [1.29, 1.82) is 0 Å². The summed E-state index contributed by atoms with van der Waals surface area (Å²) in [5, 5.41) is 2.91. The van der Waals surface area contributed by atoms with Crippen molar-refractivity contribution in [2.75, 3.05) is 6.54 Å². The lowest BCUT2D eigenvalue weighted by Crippen LogP contribution is -2.34. The van der Waals surface area contributed by atoms with Crippen LogP contribution in [-0.4, -0.2) is 22.0 Å². The Hall–Kier alpha value is -2.17. The van der Waals surface area contributed by atoms with Crippen molar-refractivity contribution >= 4 is 5.91 Å². The summed E-state index contributed by atoms with van der Waals surface area (Å²) in [6, 6.07) is 6.39. The van der Waals surface area contributed by atoms with Crippen molar-refractivity contribution in [1.82, 2.24) is 14.9 Å². The van der Waals surface area contributed by atoms with Crippen LogP contribution >= 0.6 is 0 Å². The van der Waals surface area contributed by atoms with Gasteiger partial charge in [-0.25, -0.2) is 9.37 Å². The highest BCUT2D eigenvalue weighted by atomic mass is 19.1. The summed E-state index contributed by atoms with van der Waals surface area (Å²) in [6.07, 6.45) is 5.81. The van der Waals surface area contributed by atoms with Gasteiger partial charge in [-0.15, -0.1) is 0 Å². The van der Waals surface area contributed by atoms with Gasteiger partial charge >= 0.3 is 0 Å². The third kappa shape index (κ3) is 3.29. The predicted molar refractivity (Wildman–Crippen MR) is 77.2 cm³/mol. The Bertz CT molecular complexity index is 638. The normalized spacial score (nSPS) is 17.3. The number of aromatic nitrogens is 2. The van der Waals surface area contributed by atoms with Crippen LogP contribution in [0.2, 0.25) is 0 Å². The van der Waals surface area contributed by atoms with Gasteiger partial charge < -0.3 is 9.88 Å². The largest absolute Gasteiger partial charge is 0.356 e. The number of fused-ring (bicyclic) bond motifs is 1. The average Bonchev–Trinajstić information content (AvgIpc) is 2.95. The second kappa shape index (κ2) is 6.08. The number of nitrogens with one attached hydrogen (secondary N) is 1. The second-order valence-corrected chi connectivity index (χ2v) is 5.47. The summed E-state index contributed by atoms with van der Waals surface area (Å²) < 4.78 is 15.6. The zero-order valence-electron chi connectivity index (χ0n) is 11.8. The van der Waals surface area contributed by atoms with E-state index in [2.05, 4.69) is 14.9 Å². The Morgan fingerprint density at radius 3 is 3.14 bits per heavy atom. The minimum atomic E-state index is -0.327. The van der Waals surface area contributed by atoms with E-state index in [1.54, 1.807) is 18.2 Å². The number of hydrogen-bond acceptors (Lipinski definition) is 2. The quantitative estimate of drug-likeness (QED) is 0.934. The number of imidazole rings is 1. The third-order valence-corrected chi connectivity index (χ3v) is 3.95. The Kier molecular flexibility index (Phi) is 3.99. The maximum atomic E-state index is 13.5. The molecule has 0 spiro atoms. The van der Waals surface area contributed by atoms with Crippen LogP contribution in [0.1, 0.15) is 17.8 Å². The molecule has 2 aromatic rings. The predicted octanol–water partition coefficient (Wildman–Crippen LogP) is 1.94. The molecule has 5 heteroatoms. The Morgan fingerprint density at radius 1 is 1.43 bits per heavy atom. The maximum absolute atomic E-state index is 13.5. The first kappa shape index (κ1) is 13.8. The molecule has 0 saturated heterocycles. The van der Waals surface area contributed by atoms with Crippen molar-refractivity contribution in [3.63, 3.8) is 0 Å². The minimum Gasteiger partial charge on any atom is -0.356 e. The molecule has 1 aromatic heterocycles. The standard InChI is InChI=1S/C16H18FN3O/c17-14-4-2-1-3-13(14)10-16(21)19-11-12-5-7-20-8-6-18-15(20)9-12/h1-4,6,8,12H,5,7,9-11H2,(H,19,21). The van der Waals surface area contributed by atoms with E-state index < -0.39 is 0 Å². The fourth-order valence-corrected chi connectivity index (χ4v) is 2.73. The van der Waals surface area contributed by atoms with Crippen LogP contribution in [0, 0.1) is 11.7 Å². The highest BCUT2D eigenvalue weighted by Crippen LogP contribution is 2.18. The third-order valence-electron chi connectivity index (χ3n) is 3.95. The van der Waals surface area contributed by atoms with E-state index >= 15 is 0 Å². The number of hydrogen-bond donors (Lipinski definition) is 1. The number of halogens is 1. The van der Waals surface area contributed by atoms with Gasteiger partial charge in [-0.2, -0.15) is 0 Å². The van der Waals surface area contributed by atoms with Crippen molar-refractivity contribution in [2.24, 2.45) is 5.92 Å². The lowest BCUT2D eigenvalue weighted by molar-refractivity contribution is -0.120. The zero-order chi connectivity index (χ0) is 14.7. The molecule has 1 aliphatic heterocycles. The highest BCUT2D eigenvalue weighted by molar-refractivity contribution is 5.78. The molecule has 1 unspecified atom stereocenters. The lowest BCUT2D eigenvalue weighted by Gasteiger charge is -2.23. The minimum absolute atomic E-state index is 0.0913. The molecule has 1 atom stereocenters. The van der Waals surface area contributed by atoms with Crippen molar-refractivity contribution in [3.05, 3.63) is 53.9 Å². The summed E-state index contributed by atoms with van der Waals surface area (Å²) in [6.45, 7) is 1.57. The van der Waals surface area contributed by atoms with E-state index in [4.69, 9.17) is 0 Å². The van der Waals surface area contributed by atoms with Gasteiger partial charge in [0, 0.05) is 31.9 Å². The molecule has 4 nitrogen and oxygen atoms in total. The molecule has 0 aliphatic carbocycles. The van der Waals surface area contributed by atoms with Crippen LogP contribution in [0.4, 0.5) is 4.39 Å². The fraction of sp³-hybridized carbons (Fsp3) is 0.375. The van der Waals surface area contributed by atoms with Crippen LogP contribution < -0.4 is 5.32 Å². The monoisotopic (exact) mass is 287 g/mol. The number of aryl methyl sites for hydroxylation is 1. The molecular formula is C16H18FN3O. The smallest absolute Gasteiger partial charge is 0.224 e. The van der Waals surface area contributed by atoms with Crippen LogP contribution in [-0.2, 0) is 24.2 Å². The lowest BCUT2D eigenvalue weighted by atomic mass is 9.97. The zero-order valence-corrected chi connectivity index (χ0v) is 11.8. The number of rotatable bonds is 4. The van der Waals surface area contributed by atoms with Gasteiger partial charge in [0.2, 0.25) is 5.91 Å². The summed E-state index contributed by atoms with van der Waals surface area (Å²) in [4.78, 5) is 16.2. The van der Waals surface area contributed by atoms with Gasteiger partial charge in [0.1, 0.15) is 11.6 Å². The van der Waals surface area contributed by atoms with Gasteiger partial charge in [-0.1, -0.05) is 18.2 Å². The Morgan fingerprint density at radius 2 is 2.29 bits per heavy atom. The molecule has 1 aromatic carbocycles. The van der Waals surface area contributed by atoms with E-state index in [1.165, 1.54) is 6.07 Å². The number of nitrogens with zero attached hydrogens (tertiary/aromatic N) is 2. The average molecular weight is 287 g/mol. The number of carbonyl (C=O) groups excluding carboxylic acids is 1. The molecule has 21 heavy (non-hydrogen) atoms. The molecule has 1 aliphatic rings. The molecule has 3 rings (SSSR count). The van der Waals surface area contributed by atoms with Gasteiger partial charge in [0.05, 0.1) is 6.42 Å². The molecule has 1 amide bonds. The topological polar surface area (TPSA) is 46.9 Å². The molecule has 110 valence electrons. The number of carbonyl (C=O) groups is 1. The molecule has 2 heterocycles. The first-order chi connectivity index (χ1) is 10.2. The van der Waals surface area contributed by atoms with Crippen LogP contribution in [0.3, 0.4) is 0 Å². The summed E-state index contributed by atoms with van der Waals surface area (Å²) >= 11 is 0. The van der Waals surface area contributed by atoms with Crippen LogP contribution in [0.15, 0.2) is 36.7 Å². The van der Waals surface area contributed by atoms with Gasteiger partial charge in [-0.3, -0.25) is 4.79 Å². The Balaban J connectivity index is 1.50. The molecule has 0 bridgehead atoms. The van der Waals surface area contributed by atoms with Crippen molar-refractivity contribution < 1.29 is 9.18 Å². The number of benzene rings is 1. The summed E-state index contributed by atoms with van der Waals surface area (Å²) in [7, 11) is 0. The van der Waals surface area contributed by atoms with Crippen LogP contribution in [0.5, 0.6) is 0 Å². The van der Waals surface area contributed by atoms with Crippen molar-refractivity contribution in [3.8, 4) is 0 Å². The summed E-state index contributed by atoms with van der Waals surface area (Å²) in [5.41, 5.74) is 0.439. The molecule has 0 fully saturated rings. The van der Waals surface area contributed by atoms with E-state index in [1.807, 2.05) is 12.4 Å². The van der Waals surface area contributed by atoms with E-state index in [9.17, 15) is 9.18 Å². The van der Waals surface area contributed by atoms with Crippen LogP contribution in [0.25, 0.3) is 0 Å². The van der Waals surface area contributed by atoms with Gasteiger partial charge in [0.25, 0.3) is 0 Å². The second-order valence-electron chi connectivity index (χ2n) is 5.47.